The first-order valence-corrected chi connectivity index (χ1v) is 8.72. The number of aryl methyl sites for hydroxylation is 2. The lowest BCUT2D eigenvalue weighted by Crippen LogP contribution is -2.09. The molecular formula is C21H21N5. The Balaban J connectivity index is 1.58. The number of hydrogen-bond acceptors (Lipinski definition) is 4. The van der Waals surface area contributed by atoms with Crippen molar-refractivity contribution in [2.75, 3.05) is 5.32 Å². The molecule has 0 fully saturated rings. The second-order valence-corrected chi connectivity index (χ2v) is 6.54. The summed E-state index contributed by atoms with van der Waals surface area (Å²) >= 11 is 0. The van der Waals surface area contributed by atoms with Gasteiger partial charge in [0, 0.05) is 17.1 Å². The Labute approximate surface area is 152 Å². The molecule has 5 heteroatoms. The van der Waals surface area contributed by atoms with E-state index in [0.29, 0.717) is 0 Å². The predicted octanol–water partition coefficient (Wildman–Crippen LogP) is 4.61. The van der Waals surface area contributed by atoms with Gasteiger partial charge in [-0.3, -0.25) is 0 Å². The summed E-state index contributed by atoms with van der Waals surface area (Å²) in [5.74, 6) is 0.853. The van der Waals surface area contributed by atoms with E-state index in [-0.39, 0.29) is 6.04 Å². The number of nitrogens with zero attached hydrogens (tertiary/aromatic N) is 4. The summed E-state index contributed by atoms with van der Waals surface area (Å²) < 4.78 is 1.97. The zero-order valence-corrected chi connectivity index (χ0v) is 15.1. The monoisotopic (exact) mass is 343 g/mol. The number of anilines is 1. The van der Waals surface area contributed by atoms with E-state index in [0.717, 1.165) is 33.8 Å². The topological polar surface area (TPSA) is 55.6 Å². The second-order valence-electron chi connectivity index (χ2n) is 6.54. The maximum absolute atomic E-state index is 4.54. The van der Waals surface area contributed by atoms with E-state index >= 15 is 0 Å². The number of aromatic nitrogens is 4. The Morgan fingerprint density at radius 3 is 2.46 bits per heavy atom. The highest BCUT2D eigenvalue weighted by Gasteiger charge is 2.10. The fourth-order valence-corrected chi connectivity index (χ4v) is 3.20. The first-order chi connectivity index (χ1) is 12.6. The molecule has 130 valence electrons. The molecule has 0 saturated carbocycles. The van der Waals surface area contributed by atoms with Crippen LogP contribution in [-0.2, 0) is 0 Å². The summed E-state index contributed by atoms with van der Waals surface area (Å²) in [6, 6.07) is 18.7. The van der Waals surface area contributed by atoms with Crippen LogP contribution in [0.5, 0.6) is 0 Å². The third kappa shape index (κ3) is 3.04. The molecule has 2 heterocycles. The van der Waals surface area contributed by atoms with Crippen LogP contribution in [0.1, 0.15) is 29.9 Å². The van der Waals surface area contributed by atoms with Crippen molar-refractivity contribution in [3.05, 3.63) is 77.9 Å². The molecule has 0 aliphatic carbocycles. The molecule has 2 aromatic heterocycles. The normalized spacial score (nSPS) is 12.3. The Morgan fingerprint density at radius 1 is 0.962 bits per heavy atom. The van der Waals surface area contributed by atoms with Crippen LogP contribution in [0, 0.1) is 13.8 Å². The fourth-order valence-electron chi connectivity index (χ4n) is 3.20. The number of nitrogens with one attached hydrogen (secondary N) is 1. The number of benzene rings is 2. The van der Waals surface area contributed by atoms with Crippen LogP contribution in [0.3, 0.4) is 0 Å². The van der Waals surface area contributed by atoms with Crippen LogP contribution in [0.4, 0.5) is 5.82 Å². The summed E-state index contributed by atoms with van der Waals surface area (Å²) in [6.07, 6.45) is 1.60. The van der Waals surface area contributed by atoms with Gasteiger partial charge in [0.2, 0.25) is 0 Å². The Bertz CT molecular complexity index is 1040. The van der Waals surface area contributed by atoms with E-state index < -0.39 is 0 Å². The molecule has 0 radical (unpaired) electrons. The molecule has 0 aliphatic heterocycles. The number of hydrogen-bond donors (Lipinski definition) is 1. The average Bonchev–Trinajstić information content (AvgIpc) is 3.00. The zero-order valence-electron chi connectivity index (χ0n) is 15.1. The molecule has 1 atom stereocenters. The quantitative estimate of drug-likeness (QED) is 0.588. The van der Waals surface area contributed by atoms with Gasteiger partial charge in [-0.2, -0.15) is 5.10 Å². The van der Waals surface area contributed by atoms with Gasteiger partial charge in [0.05, 0.1) is 16.9 Å². The number of fused-ring (bicyclic) bond motifs is 1. The van der Waals surface area contributed by atoms with Crippen molar-refractivity contribution < 1.29 is 0 Å². The molecule has 4 rings (SSSR count). The molecular weight excluding hydrogens is 322 g/mol. The molecule has 5 nitrogen and oxygen atoms in total. The van der Waals surface area contributed by atoms with Crippen LogP contribution in [0.15, 0.2) is 60.9 Å². The highest BCUT2D eigenvalue weighted by molar-refractivity contribution is 5.88. The van der Waals surface area contributed by atoms with Gasteiger partial charge in [-0.15, -0.1) is 0 Å². The summed E-state index contributed by atoms with van der Waals surface area (Å²) in [4.78, 5) is 8.73. The van der Waals surface area contributed by atoms with Gasteiger partial charge < -0.3 is 5.32 Å². The lowest BCUT2D eigenvalue weighted by molar-refractivity contribution is 0.828. The van der Waals surface area contributed by atoms with E-state index in [2.05, 4.69) is 64.6 Å². The molecule has 0 bridgehead atoms. The third-order valence-corrected chi connectivity index (χ3v) is 4.54. The predicted molar refractivity (Wildman–Crippen MR) is 105 cm³/mol. The van der Waals surface area contributed by atoms with Gasteiger partial charge in [0.1, 0.15) is 12.1 Å². The first-order valence-electron chi connectivity index (χ1n) is 8.72. The lowest BCUT2D eigenvalue weighted by Gasteiger charge is -2.16. The zero-order chi connectivity index (χ0) is 18.1. The maximum Gasteiger partial charge on any atom is 0.137 e. The van der Waals surface area contributed by atoms with Crippen LogP contribution in [-0.4, -0.2) is 19.7 Å². The smallest absolute Gasteiger partial charge is 0.137 e. The van der Waals surface area contributed by atoms with E-state index in [1.54, 1.807) is 6.33 Å². The molecule has 0 amide bonds. The van der Waals surface area contributed by atoms with Gasteiger partial charge in [-0.25, -0.2) is 14.6 Å². The first kappa shape index (κ1) is 16.3. The van der Waals surface area contributed by atoms with Crippen molar-refractivity contribution in [3.63, 3.8) is 0 Å². The highest BCUT2D eigenvalue weighted by Crippen LogP contribution is 2.24. The van der Waals surface area contributed by atoms with Gasteiger partial charge in [-0.05, 0) is 56.7 Å². The third-order valence-electron chi connectivity index (χ3n) is 4.54. The Kier molecular flexibility index (Phi) is 4.13. The van der Waals surface area contributed by atoms with E-state index in [4.69, 9.17) is 0 Å². The van der Waals surface area contributed by atoms with Crippen molar-refractivity contribution in [1.29, 1.82) is 0 Å². The van der Waals surface area contributed by atoms with Crippen LogP contribution in [0.2, 0.25) is 0 Å². The van der Waals surface area contributed by atoms with Gasteiger partial charge in [0.25, 0.3) is 0 Å². The molecule has 0 spiro atoms. The molecule has 4 aromatic rings. The van der Waals surface area contributed by atoms with Gasteiger partial charge in [-0.1, -0.05) is 24.3 Å². The largest absolute Gasteiger partial charge is 0.363 e. The minimum absolute atomic E-state index is 0.128. The molecule has 1 N–H and O–H groups in total. The van der Waals surface area contributed by atoms with Crippen LogP contribution >= 0.6 is 0 Å². The van der Waals surface area contributed by atoms with Gasteiger partial charge in [0.15, 0.2) is 0 Å². The minimum Gasteiger partial charge on any atom is -0.363 e. The van der Waals surface area contributed by atoms with E-state index in [9.17, 15) is 0 Å². The van der Waals surface area contributed by atoms with Crippen LogP contribution in [0.25, 0.3) is 16.6 Å². The van der Waals surface area contributed by atoms with Crippen molar-refractivity contribution in [2.45, 2.75) is 26.8 Å². The molecule has 1 unspecified atom stereocenters. The van der Waals surface area contributed by atoms with Crippen molar-refractivity contribution in [1.82, 2.24) is 19.7 Å². The summed E-state index contributed by atoms with van der Waals surface area (Å²) in [7, 11) is 0. The molecule has 0 saturated heterocycles. The molecule has 0 aliphatic rings. The number of rotatable bonds is 4. The standard InChI is InChI=1S/C21H21N5/c1-14-12-15(2)26(25-14)18-10-8-17(9-11-18)16(3)24-21-19-6-4-5-7-20(19)22-13-23-21/h4-13,16H,1-3H3,(H,22,23,24). The van der Waals surface area contributed by atoms with Gasteiger partial charge >= 0.3 is 0 Å². The summed E-state index contributed by atoms with van der Waals surface area (Å²) in [6.45, 7) is 6.21. The van der Waals surface area contributed by atoms with Crippen LogP contribution < -0.4 is 5.32 Å². The van der Waals surface area contributed by atoms with Crippen molar-refractivity contribution >= 4 is 16.7 Å². The summed E-state index contributed by atoms with van der Waals surface area (Å²) in [5.41, 5.74) is 5.36. The molecule has 2 aromatic carbocycles. The Morgan fingerprint density at radius 2 is 1.73 bits per heavy atom. The van der Waals surface area contributed by atoms with Crippen molar-refractivity contribution in [2.24, 2.45) is 0 Å². The molecule has 26 heavy (non-hydrogen) atoms. The fraction of sp³-hybridized carbons (Fsp3) is 0.190. The minimum atomic E-state index is 0.128. The lowest BCUT2D eigenvalue weighted by atomic mass is 10.1. The number of para-hydroxylation sites is 1. The maximum atomic E-state index is 4.54. The summed E-state index contributed by atoms with van der Waals surface area (Å²) in [5, 5.41) is 9.07. The van der Waals surface area contributed by atoms with Crippen molar-refractivity contribution in [3.8, 4) is 5.69 Å². The second kappa shape index (κ2) is 6.59. The van der Waals surface area contributed by atoms with E-state index in [1.165, 1.54) is 5.56 Å². The van der Waals surface area contributed by atoms with E-state index in [1.807, 2.05) is 35.9 Å². The Hall–Kier alpha value is -3.21. The SMILES string of the molecule is Cc1cc(C)n(-c2ccc(C(C)Nc3ncnc4ccccc34)cc2)n1. The average molecular weight is 343 g/mol. The highest BCUT2D eigenvalue weighted by atomic mass is 15.3.